The molecule has 0 heterocycles. The van der Waals surface area contributed by atoms with Gasteiger partial charge in [0.25, 0.3) is 5.69 Å². The molecule has 0 saturated heterocycles. The van der Waals surface area contributed by atoms with Gasteiger partial charge < -0.3 is 11.1 Å². The lowest BCUT2D eigenvalue weighted by molar-refractivity contribution is -0.384. The van der Waals surface area contributed by atoms with E-state index in [1.807, 2.05) is 0 Å². The first-order chi connectivity index (χ1) is 8.41. The van der Waals surface area contributed by atoms with Crippen LogP contribution in [0.4, 0.5) is 5.69 Å². The lowest BCUT2D eigenvalue weighted by Crippen LogP contribution is -2.35. The molecule has 1 unspecified atom stereocenters. The Morgan fingerprint density at radius 3 is 2.39 bits per heavy atom. The van der Waals surface area contributed by atoms with Crippen molar-refractivity contribution in [2.75, 3.05) is 6.54 Å². The number of amides is 2. The molecule has 2 amide bonds. The van der Waals surface area contributed by atoms with Crippen LogP contribution in [0.5, 0.6) is 0 Å². The van der Waals surface area contributed by atoms with Crippen molar-refractivity contribution >= 4 is 29.1 Å². The number of primary amides is 1. The summed E-state index contributed by atoms with van der Waals surface area (Å²) in [5.41, 5.74) is 5.16. The second-order valence-corrected chi connectivity index (χ2v) is 3.83. The molecule has 18 heavy (non-hydrogen) atoms. The fraction of sp³-hybridized carbons (Fsp3) is 0.200. The van der Waals surface area contributed by atoms with Gasteiger partial charge in [0.2, 0.25) is 11.8 Å². The number of non-ortho nitro benzene ring substituents is 1. The van der Waals surface area contributed by atoms with Crippen molar-refractivity contribution in [1.29, 1.82) is 0 Å². The SMILES string of the molecule is NC(=O)CNC(=O)C(Cl)c1ccc([N+](=O)[O-])cc1. The normalized spacial score (nSPS) is 11.6. The number of carbonyl (C=O) groups excluding carboxylic acids is 2. The highest BCUT2D eigenvalue weighted by atomic mass is 35.5. The van der Waals surface area contributed by atoms with E-state index in [0.717, 1.165) is 0 Å². The van der Waals surface area contributed by atoms with Crippen molar-refractivity contribution in [1.82, 2.24) is 5.32 Å². The molecule has 3 N–H and O–H groups in total. The third-order valence-electron chi connectivity index (χ3n) is 2.06. The van der Waals surface area contributed by atoms with Gasteiger partial charge in [0.15, 0.2) is 0 Å². The van der Waals surface area contributed by atoms with Crippen LogP contribution in [0.25, 0.3) is 0 Å². The number of hydrogen-bond donors (Lipinski definition) is 2. The molecule has 0 radical (unpaired) electrons. The molecule has 1 rings (SSSR count). The van der Waals surface area contributed by atoms with Crippen molar-refractivity contribution in [2.45, 2.75) is 5.38 Å². The zero-order valence-electron chi connectivity index (χ0n) is 9.13. The third-order valence-corrected chi connectivity index (χ3v) is 2.51. The first-order valence-electron chi connectivity index (χ1n) is 4.86. The molecule has 0 aliphatic carbocycles. The van der Waals surface area contributed by atoms with Gasteiger partial charge in [0, 0.05) is 12.1 Å². The first kappa shape index (κ1) is 13.9. The fourth-order valence-corrected chi connectivity index (χ4v) is 1.40. The molecule has 0 aliphatic heterocycles. The van der Waals surface area contributed by atoms with E-state index in [1.54, 1.807) is 0 Å². The molecular formula is C10H10ClN3O4. The van der Waals surface area contributed by atoms with E-state index in [0.29, 0.717) is 5.56 Å². The minimum Gasteiger partial charge on any atom is -0.368 e. The molecule has 1 aromatic rings. The van der Waals surface area contributed by atoms with Gasteiger partial charge in [-0.2, -0.15) is 0 Å². The highest BCUT2D eigenvalue weighted by Gasteiger charge is 2.18. The predicted molar refractivity (Wildman–Crippen MR) is 63.9 cm³/mol. The lowest BCUT2D eigenvalue weighted by Gasteiger charge is -2.09. The van der Waals surface area contributed by atoms with E-state index in [-0.39, 0.29) is 12.2 Å². The summed E-state index contributed by atoms with van der Waals surface area (Å²) in [7, 11) is 0. The monoisotopic (exact) mass is 271 g/mol. The van der Waals surface area contributed by atoms with E-state index in [4.69, 9.17) is 17.3 Å². The Kier molecular flexibility index (Phi) is 4.61. The molecule has 1 aromatic carbocycles. The van der Waals surface area contributed by atoms with Crippen molar-refractivity contribution < 1.29 is 14.5 Å². The number of carbonyl (C=O) groups is 2. The molecule has 0 bridgehead atoms. The second kappa shape index (κ2) is 5.97. The van der Waals surface area contributed by atoms with Gasteiger partial charge in [-0.3, -0.25) is 19.7 Å². The van der Waals surface area contributed by atoms with Crippen LogP contribution < -0.4 is 11.1 Å². The van der Waals surface area contributed by atoms with Crippen LogP contribution in [-0.2, 0) is 9.59 Å². The third kappa shape index (κ3) is 3.70. The molecule has 1 atom stereocenters. The van der Waals surface area contributed by atoms with Crippen LogP contribution in [0.15, 0.2) is 24.3 Å². The number of rotatable bonds is 5. The lowest BCUT2D eigenvalue weighted by atomic mass is 10.1. The average Bonchev–Trinajstić information content (AvgIpc) is 2.35. The molecule has 0 aliphatic rings. The Balaban J connectivity index is 2.71. The summed E-state index contributed by atoms with van der Waals surface area (Å²) in [5.74, 6) is -1.28. The number of hydrogen-bond acceptors (Lipinski definition) is 4. The number of nitrogens with one attached hydrogen (secondary N) is 1. The number of nitro groups is 1. The summed E-state index contributed by atoms with van der Waals surface area (Å²) in [4.78, 5) is 31.8. The minimum atomic E-state index is -1.04. The van der Waals surface area contributed by atoms with Crippen LogP contribution in [0.2, 0.25) is 0 Å². The summed E-state index contributed by atoms with van der Waals surface area (Å²) < 4.78 is 0. The maximum absolute atomic E-state index is 11.5. The van der Waals surface area contributed by atoms with Gasteiger partial charge in [0.05, 0.1) is 11.5 Å². The maximum atomic E-state index is 11.5. The number of nitrogens with zero attached hydrogens (tertiary/aromatic N) is 1. The quantitative estimate of drug-likeness (QED) is 0.460. The highest BCUT2D eigenvalue weighted by molar-refractivity contribution is 6.30. The Morgan fingerprint density at radius 1 is 1.39 bits per heavy atom. The Morgan fingerprint density at radius 2 is 1.94 bits per heavy atom. The molecule has 0 saturated carbocycles. The van der Waals surface area contributed by atoms with Crippen molar-refractivity contribution in [3.05, 3.63) is 39.9 Å². The Bertz CT molecular complexity index is 475. The summed E-state index contributed by atoms with van der Waals surface area (Å²) in [6.45, 7) is -0.310. The maximum Gasteiger partial charge on any atom is 0.269 e. The summed E-state index contributed by atoms with van der Waals surface area (Å²) in [6, 6.07) is 5.23. The van der Waals surface area contributed by atoms with Gasteiger partial charge in [-0.05, 0) is 5.56 Å². The molecule has 0 aromatic heterocycles. The second-order valence-electron chi connectivity index (χ2n) is 3.40. The number of nitro benzene ring substituents is 1. The molecule has 0 spiro atoms. The highest BCUT2D eigenvalue weighted by Crippen LogP contribution is 2.22. The molecule has 0 fully saturated rings. The number of alkyl halides is 1. The van der Waals surface area contributed by atoms with Crippen LogP contribution in [-0.4, -0.2) is 23.3 Å². The first-order valence-corrected chi connectivity index (χ1v) is 5.30. The van der Waals surface area contributed by atoms with Crippen LogP contribution in [0.3, 0.4) is 0 Å². The van der Waals surface area contributed by atoms with Gasteiger partial charge in [-0.25, -0.2) is 0 Å². The molecular weight excluding hydrogens is 262 g/mol. The minimum absolute atomic E-state index is 0.0971. The number of halogens is 1. The summed E-state index contributed by atoms with van der Waals surface area (Å²) >= 11 is 5.84. The Hall–Kier alpha value is -2.15. The van der Waals surface area contributed by atoms with E-state index in [9.17, 15) is 19.7 Å². The summed E-state index contributed by atoms with van der Waals surface area (Å²) in [5, 5.41) is 11.6. The van der Waals surface area contributed by atoms with Crippen LogP contribution in [0.1, 0.15) is 10.9 Å². The van der Waals surface area contributed by atoms with Gasteiger partial charge in [-0.15, -0.1) is 11.6 Å². The zero-order valence-corrected chi connectivity index (χ0v) is 9.89. The smallest absolute Gasteiger partial charge is 0.269 e. The van der Waals surface area contributed by atoms with Gasteiger partial charge >= 0.3 is 0 Å². The predicted octanol–water partition coefficient (Wildman–Crippen LogP) is 0.476. The van der Waals surface area contributed by atoms with Crippen LogP contribution >= 0.6 is 11.6 Å². The summed E-state index contributed by atoms with van der Waals surface area (Å²) in [6.07, 6.45) is 0. The van der Waals surface area contributed by atoms with Crippen molar-refractivity contribution in [3.63, 3.8) is 0 Å². The van der Waals surface area contributed by atoms with E-state index in [2.05, 4.69) is 5.32 Å². The average molecular weight is 272 g/mol. The van der Waals surface area contributed by atoms with E-state index < -0.39 is 22.1 Å². The van der Waals surface area contributed by atoms with Gasteiger partial charge in [-0.1, -0.05) is 12.1 Å². The standard InChI is InChI=1S/C10H10ClN3O4/c11-9(10(16)13-5-8(12)15)6-1-3-7(4-2-6)14(17)18/h1-4,9H,5H2,(H2,12,15)(H,13,16). The molecule has 8 heteroatoms. The largest absolute Gasteiger partial charge is 0.368 e. The van der Waals surface area contributed by atoms with Crippen LogP contribution in [0, 0.1) is 10.1 Å². The van der Waals surface area contributed by atoms with E-state index >= 15 is 0 Å². The number of nitrogens with two attached hydrogens (primary N) is 1. The van der Waals surface area contributed by atoms with Crippen molar-refractivity contribution in [2.24, 2.45) is 5.73 Å². The molecule has 96 valence electrons. The molecule has 7 nitrogen and oxygen atoms in total. The van der Waals surface area contributed by atoms with Crippen molar-refractivity contribution in [3.8, 4) is 0 Å². The van der Waals surface area contributed by atoms with E-state index in [1.165, 1.54) is 24.3 Å². The van der Waals surface area contributed by atoms with Gasteiger partial charge in [0.1, 0.15) is 5.38 Å². The Labute approximate surface area is 107 Å². The number of benzene rings is 1. The topological polar surface area (TPSA) is 115 Å². The fourth-order valence-electron chi connectivity index (χ4n) is 1.18. The zero-order chi connectivity index (χ0) is 13.7.